The summed E-state index contributed by atoms with van der Waals surface area (Å²) in [7, 11) is 0. The van der Waals surface area contributed by atoms with E-state index in [2.05, 4.69) is 9.97 Å². The molecule has 0 N–H and O–H groups in total. The Balaban J connectivity index is 1.73. The number of aromatic nitrogens is 2. The molecule has 1 aliphatic heterocycles. The third-order valence-electron chi connectivity index (χ3n) is 5.61. The number of likely N-dealkylation sites (tertiary alicyclic amines) is 1. The molecular formula is C23H27F2N3O2. The number of halogens is 2. The SMILES string of the molecule is CCCC(=O)c1c(C)nc(C)nc1C1CCN(C(=O)Cc2c(F)cccc2F)CC1. The predicted octanol–water partition coefficient (Wildman–Crippen LogP) is 4.30. The second kappa shape index (κ2) is 9.41. The third kappa shape index (κ3) is 4.71. The summed E-state index contributed by atoms with van der Waals surface area (Å²) in [4.78, 5) is 35.9. The molecule has 30 heavy (non-hydrogen) atoms. The number of piperidine rings is 1. The van der Waals surface area contributed by atoms with Gasteiger partial charge >= 0.3 is 0 Å². The molecule has 7 heteroatoms. The molecule has 160 valence electrons. The van der Waals surface area contributed by atoms with Crippen molar-refractivity contribution in [1.82, 2.24) is 14.9 Å². The van der Waals surface area contributed by atoms with Crippen molar-refractivity contribution in [3.05, 3.63) is 58.2 Å². The zero-order valence-corrected chi connectivity index (χ0v) is 17.7. The quantitative estimate of drug-likeness (QED) is 0.660. The van der Waals surface area contributed by atoms with E-state index in [9.17, 15) is 18.4 Å². The molecule has 1 aliphatic rings. The summed E-state index contributed by atoms with van der Waals surface area (Å²) in [6, 6.07) is 3.60. The maximum atomic E-state index is 13.9. The van der Waals surface area contributed by atoms with E-state index < -0.39 is 11.6 Å². The average molecular weight is 415 g/mol. The van der Waals surface area contributed by atoms with Crippen LogP contribution in [0.1, 0.15) is 71.7 Å². The number of hydrogen-bond acceptors (Lipinski definition) is 4. The number of aryl methyl sites for hydroxylation is 2. The summed E-state index contributed by atoms with van der Waals surface area (Å²) in [6.45, 7) is 6.53. The predicted molar refractivity (Wildman–Crippen MR) is 109 cm³/mol. The van der Waals surface area contributed by atoms with E-state index in [0.717, 1.165) is 24.2 Å². The van der Waals surface area contributed by atoms with Crippen LogP contribution in [0.15, 0.2) is 18.2 Å². The largest absolute Gasteiger partial charge is 0.342 e. The smallest absolute Gasteiger partial charge is 0.227 e. The minimum absolute atomic E-state index is 0.0513. The summed E-state index contributed by atoms with van der Waals surface area (Å²) < 4.78 is 27.7. The lowest BCUT2D eigenvalue weighted by molar-refractivity contribution is -0.131. The van der Waals surface area contributed by atoms with Crippen LogP contribution in [0, 0.1) is 25.5 Å². The Morgan fingerprint density at radius 1 is 1.10 bits per heavy atom. The van der Waals surface area contributed by atoms with Crippen LogP contribution in [0.2, 0.25) is 0 Å². The number of carbonyl (C=O) groups excluding carboxylic acids is 2. The van der Waals surface area contributed by atoms with Gasteiger partial charge in [-0.2, -0.15) is 0 Å². The summed E-state index contributed by atoms with van der Waals surface area (Å²) in [5.41, 5.74) is 1.88. The van der Waals surface area contributed by atoms with Crippen molar-refractivity contribution in [3.63, 3.8) is 0 Å². The topological polar surface area (TPSA) is 63.2 Å². The minimum atomic E-state index is -0.704. The van der Waals surface area contributed by atoms with Gasteiger partial charge in [-0.25, -0.2) is 18.7 Å². The van der Waals surface area contributed by atoms with Gasteiger partial charge in [0.15, 0.2) is 5.78 Å². The van der Waals surface area contributed by atoms with Gasteiger partial charge in [0.2, 0.25) is 5.91 Å². The number of rotatable bonds is 6. The van der Waals surface area contributed by atoms with Crippen LogP contribution in [-0.2, 0) is 11.2 Å². The molecule has 0 unspecified atom stereocenters. The van der Waals surface area contributed by atoms with Gasteiger partial charge in [0, 0.05) is 31.0 Å². The Morgan fingerprint density at radius 3 is 2.33 bits per heavy atom. The van der Waals surface area contributed by atoms with Crippen LogP contribution in [-0.4, -0.2) is 39.6 Å². The zero-order chi connectivity index (χ0) is 21.8. The summed E-state index contributed by atoms with van der Waals surface area (Å²) >= 11 is 0. The van der Waals surface area contributed by atoms with E-state index >= 15 is 0 Å². The molecule has 1 amide bonds. The van der Waals surface area contributed by atoms with Crippen LogP contribution in [0.4, 0.5) is 8.78 Å². The second-order valence-electron chi connectivity index (χ2n) is 7.82. The second-order valence-corrected chi connectivity index (χ2v) is 7.82. The van der Waals surface area contributed by atoms with Crippen molar-refractivity contribution in [3.8, 4) is 0 Å². The summed E-state index contributed by atoms with van der Waals surface area (Å²) in [5.74, 6) is -0.971. The fraction of sp³-hybridized carbons (Fsp3) is 0.478. The number of Topliss-reactive ketones (excluding diaryl/α,β-unsaturated/α-hetero) is 1. The van der Waals surface area contributed by atoms with Crippen molar-refractivity contribution in [1.29, 1.82) is 0 Å². The van der Waals surface area contributed by atoms with E-state index in [4.69, 9.17) is 0 Å². The molecule has 0 bridgehead atoms. The van der Waals surface area contributed by atoms with Crippen molar-refractivity contribution in [2.24, 2.45) is 0 Å². The molecule has 0 saturated carbocycles. The van der Waals surface area contributed by atoms with Crippen LogP contribution >= 0.6 is 0 Å². The van der Waals surface area contributed by atoms with Crippen molar-refractivity contribution < 1.29 is 18.4 Å². The molecule has 2 heterocycles. The number of nitrogens with zero attached hydrogens (tertiary/aromatic N) is 3. The van der Waals surface area contributed by atoms with Crippen LogP contribution in [0.3, 0.4) is 0 Å². The van der Waals surface area contributed by atoms with Gasteiger partial charge in [-0.1, -0.05) is 13.0 Å². The molecule has 1 aromatic heterocycles. The van der Waals surface area contributed by atoms with Gasteiger partial charge in [-0.3, -0.25) is 9.59 Å². The van der Waals surface area contributed by atoms with Gasteiger partial charge in [0.25, 0.3) is 0 Å². The van der Waals surface area contributed by atoms with Crippen molar-refractivity contribution >= 4 is 11.7 Å². The van der Waals surface area contributed by atoms with Gasteiger partial charge in [-0.15, -0.1) is 0 Å². The number of hydrogen-bond donors (Lipinski definition) is 0. The first-order valence-corrected chi connectivity index (χ1v) is 10.4. The van der Waals surface area contributed by atoms with E-state index in [1.165, 1.54) is 6.07 Å². The first kappa shape index (κ1) is 22.0. The standard InChI is InChI=1S/C23H27F2N3O2/c1-4-6-20(29)22-14(2)26-15(3)27-23(22)16-9-11-28(12-10-16)21(30)13-17-18(24)7-5-8-19(17)25/h5,7-8,16H,4,6,9-13H2,1-3H3. The molecule has 2 aromatic rings. The highest BCUT2D eigenvalue weighted by Crippen LogP contribution is 2.31. The lowest BCUT2D eigenvalue weighted by Gasteiger charge is -2.32. The molecule has 0 aliphatic carbocycles. The highest BCUT2D eigenvalue weighted by atomic mass is 19.1. The Hall–Kier alpha value is -2.70. The minimum Gasteiger partial charge on any atom is -0.342 e. The van der Waals surface area contributed by atoms with Gasteiger partial charge in [-0.05, 0) is 45.2 Å². The fourth-order valence-electron chi connectivity index (χ4n) is 4.10. The summed E-state index contributed by atoms with van der Waals surface area (Å²) in [5, 5.41) is 0. The van der Waals surface area contributed by atoms with Crippen LogP contribution < -0.4 is 0 Å². The Morgan fingerprint density at radius 2 is 1.73 bits per heavy atom. The number of carbonyl (C=O) groups is 2. The molecule has 0 spiro atoms. The van der Waals surface area contributed by atoms with E-state index in [1.54, 1.807) is 4.90 Å². The number of benzene rings is 1. The molecule has 0 atom stereocenters. The molecule has 1 aromatic carbocycles. The number of ketones is 1. The maximum Gasteiger partial charge on any atom is 0.227 e. The summed E-state index contributed by atoms with van der Waals surface area (Å²) in [6.07, 6.45) is 2.20. The molecule has 3 rings (SSSR count). The van der Waals surface area contributed by atoms with E-state index in [0.29, 0.717) is 49.4 Å². The first-order valence-electron chi connectivity index (χ1n) is 10.4. The Bertz CT molecular complexity index is 933. The monoisotopic (exact) mass is 415 g/mol. The Kier molecular flexibility index (Phi) is 6.90. The molecule has 0 radical (unpaired) electrons. The van der Waals surface area contributed by atoms with E-state index in [-0.39, 0.29) is 29.6 Å². The van der Waals surface area contributed by atoms with E-state index in [1.807, 2.05) is 20.8 Å². The number of amides is 1. The van der Waals surface area contributed by atoms with Gasteiger partial charge < -0.3 is 4.90 Å². The Labute approximate surface area is 175 Å². The molecular weight excluding hydrogens is 388 g/mol. The van der Waals surface area contributed by atoms with Gasteiger partial charge in [0.05, 0.1) is 23.4 Å². The van der Waals surface area contributed by atoms with Crippen molar-refractivity contribution in [2.45, 2.75) is 58.8 Å². The lowest BCUT2D eigenvalue weighted by Crippen LogP contribution is -2.39. The average Bonchev–Trinajstić information content (AvgIpc) is 2.70. The molecule has 5 nitrogen and oxygen atoms in total. The van der Waals surface area contributed by atoms with Crippen LogP contribution in [0.5, 0.6) is 0 Å². The highest BCUT2D eigenvalue weighted by molar-refractivity contribution is 5.98. The maximum absolute atomic E-state index is 13.9. The van der Waals surface area contributed by atoms with Crippen molar-refractivity contribution in [2.75, 3.05) is 13.1 Å². The fourth-order valence-corrected chi connectivity index (χ4v) is 4.10. The zero-order valence-electron chi connectivity index (χ0n) is 17.7. The van der Waals surface area contributed by atoms with Gasteiger partial charge in [0.1, 0.15) is 17.5 Å². The molecule has 1 fully saturated rings. The normalized spacial score (nSPS) is 14.8. The third-order valence-corrected chi connectivity index (χ3v) is 5.61. The molecule has 1 saturated heterocycles. The van der Waals surface area contributed by atoms with Crippen LogP contribution in [0.25, 0.3) is 0 Å². The first-order chi connectivity index (χ1) is 14.3. The lowest BCUT2D eigenvalue weighted by atomic mass is 9.87. The highest BCUT2D eigenvalue weighted by Gasteiger charge is 2.29.